The Kier molecular flexibility index (Phi) is 2.64. The highest BCUT2D eigenvalue weighted by Gasteiger charge is 2.09. The molecule has 3 aromatic rings. The first-order valence-electron chi connectivity index (χ1n) is 5.43. The van der Waals surface area contributed by atoms with Gasteiger partial charge in [0, 0.05) is 11.2 Å². The number of rotatable bonds is 2. The average molecular weight is 261 g/mol. The summed E-state index contributed by atoms with van der Waals surface area (Å²) in [5.74, 6) is -0.391. The molecule has 0 aliphatic carbocycles. The second-order valence-electron chi connectivity index (χ2n) is 3.89. The fourth-order valence-corrected chi connectivity index (χ4v) is 2.04. The molecule has 0 unspecified atom stereocenters. The fraction of sp³-hybridized carbons (Fsp3) is 0.0769. The van der Waals surface area contributed by atoms with Crippen molar-refractivity contribution in [3.63, 3.8) is 0 Å². The topological polar surface area (TPSA) is 48.0 Å². The maximum Gasteiger partial charge on any atom is 0.420 e. The van der Waals surface area contributed by atoms with Crippen molar-refractivity contribution >= 4 is 22.7 Å². The van der Waals surface area contributed by atoms with Crippen molar-refractivity contribution in [2.24, 2.45) is 0 Å². The summed E-state index contributed by atoms with van der Waals surface area (Å²) in [6.45, 7) is 0.344. The number of halogens is 1. The molecule has 0 atom stereocenters. The van der Waals surface area contributed by atoms with Crippen LogP contribution in [0.1, 0.15) is 5.69 Å². The number of pyridine rings is 1. The number of benzene rings is 1. The molecule has 0 fully saturated rings. The molecule has 18 heavy (non-hydrogen) atoms. The summed E-state index contributed by atoms with van der Waals surface area (Å²) >= 11 is 5.89. The van der Waals surface area contributed by atoms with Gasteiger partial charge in [0.2, 0.25) is 0 Å². The van der Waals surface area contributed by atoms with E-state index in [9.17, 15) is 4.79 Å². The minimum Gasteiger partial charge on any atom is -0.408 e. The summed E-state index contributed by atoms with van der Waals surface area (Å²) in [6.07, 6.45) is 1.62. The monoisotopic (exact) mass is 260 g/mol. The van der Waals surface area contributed by atoms with Crippen LogP contribution in [0.3, 0.4) is 0 Å². The van der Waals surface area contributed by atoms with Gasteiger partial charge in [0.25, 0.3) is 0 Å². The molecular formula is C13H9ClN2O2. The molecule has 4 nitrogen and oxygen atoms in total. The Morgan fingerprint density at radius 2 is 2.11 bits per heavy atom. The van der Waals surface area contributed by atoms with Crippen LogP contribution in [0.4, 0.5) is 0 Å². The van der Waals surface area contributed by atoms with Crippen LogP contribution in [-0.4, -0.2) is 9.55 Å². The Morgan fingerprint density at radius 1 is 1.28 bits per heavy atom. The summed E-state index contributed by atoms with van der Waals surface area (Å²) in [6, 6.07) is 10.7. The second kappa shape index (κ2) is 4.31. The lowest BCUT2D eigenvalue weighted by Gasteiger charge is -2.01. The van der Waals surface area contributed by atoms with E-state index in [0.717, 1.165) is 11.2 Å². The summed E-state index contributed by atoms with van der Waals surface area (Å²) in [5.41, 5.74) is 2.05. The Morgan fingerprint density at radius 3 is 2.94 bits per heavy atom. The molecule has 3 rings (SSSR count). The SMILES string of the molecule is O=c1oc2ccccc2n1Cc1cc(Cl)ccn1. The van der Waals surface area contributed by atoms with Crippen molar-refractivity contribution in [3.05, 3.63) is 63.9 Å². The third kappa shape index (κ3) is 1.91. The number of aromatic nitrogens is 2. The van der Waals surface area contributed by atoms with Crippen LogP contribution in [0.15, 0.2) is 51.8 Å². The number of para-hydroxylation sites is 2. The third-order valence-electron chi connectivity index (χ3n) is 2.67. The molecule has 0 amide bonds. The van der Waals surface area contributed by atoms with E-state index in [1.165, 1.54) is 4.57 Å². The van der Waals surface area contributed by atoms with E-state index in [1.54, 1.807) is 24.4 Å². The molecule has 0 saturated carbocycles. The van der Waals surface area contributed by atoms with Crippen LogP contribution in [0, 0.1) is 0 Å². The summed E-state index contributed by atoms with van der Waals surface area (Å²) in [7, 11) is 0. The van der Waals surface area contributed by atoms with E-state index in [1.807, 2.05) is 18.2 Å². The van der Waals surface area contributed by atoms with E-state index in [-0.39, 0.29) is 0 Å². The van der Waals surface area contributed by atoms with Gasteiger partial charge < -0.3 is 4.42 Å². The first-order valence-corrected chi connectivity index (χ1v) is 5.80. The number of fused-ring (bicyclic) bond motifs is 1. The van der Waals surface area contributed by atoms with Crippen LogP contribution in [0.5, 0.6) is 0 Å². The van der Waals surface area contributed by atoms with Gasteiger partial charge in [-0.3, -0.25) is 9.55 Å². The minimum absolute atomic E-state index is 0.344. The van der Waals surface area contributed by atoms with Gasteiger partial charge in [0.1, 0.15) is 0 Å². The van der Waals surface area contributed by atoms with Crippen LogP contribution in [0.2, 0.25) is 5.02 Å². The molecule has 0 aliphatic heterocycles. The Bertz CT molecular complexity index is 761. The van der Waals surface area contributed by atoms with Crippen LogP contribution in [0.25, 0.3) is 11.1 Å². The van der Waals surface area contributed by atoms with E-state index in [0.29, 0.717) is 17.2 Å². The van der Waals surface area contributed by atoms with E-state index in [2.05, 4.69) is 4.98 Å². The fourth-order valence-electron chi connectivity index (χ4n) is 1.86. The molecule has 0 bridgehead atoms. The molecule has 0 saturated heterocycles. The highest BCUT2D eigenvalue weighted by molar-refractivity contribution is 6.30. The number of hydrogen-bond donors (Lipinski definition) is 0. The first-order chi connectivity index (χ1) is 8.74. The van der Waals surface area contributed by atoms with Crippen molar-refractivity contribution in [3.8, 4) is 0 Å². The standard InChI is InChI=1S/C13H9ClN2O2/c14-9-5-6-15-10(7-9)8-16-11-3-1-2-4-12(11)18-13(16)17/h1-7H,8H2. The highest BCUT2D eigenvalue weighted by atomic mass is 35.5. The zero-order chi connectivity index (χ0) is 12.5. The Labute approximate surface area is 107 Å². The normalized spacial score (nSPS) is 10.9. The smallest absolute Gasteiger partial charge is 0.408 e. The van der Waals surface area contributed by atoms with Crippen molar-refractivity contribution in [1.82, 2.24) is 9.55 Å². The molecule has 0 aliphatic rings. The van der Waals surface area contributed by atoms with Crippen molar-refractivity contribution in [2.75, 3.05) is 0 Å². The maximum atomic E-state index is 11.8. The van der Waals surface area contributed by atoms with E-state index >= 15 is 0 Å². The van der Waals surface area contributed by atoms with Crippen LogP contribution >= 0.6 is 11.6 Å². The van der Waals surface area contributed by atoms with Crippen molar-refractivity contribution in [2.45, 2.75) is 6.54 Å². The van der Waals surface area contributed by atoms with Gasteiger partial charge in [-0.2, -0.15) is 0 Å². The number of oxazole rings is 1. The number of hydrogen-bond acceptors (Lipinski definition) is 3. The quantitative estimate of drug-likeness (QED) is 0.712. The highest BCUT2D eigenvalue weighted by Crippen LogP contribution is 2.14. The predicted molar refractivity (Wildman–Crippen MR) is 68.8 cm³/mol. The van der Waals surface area contributed by atoms with E-state index in [4.69, 9.17) is 16.0 Å². The van der Waals surface area contributed by atoms with Crippen LogP contribution < -0.4 is 5.76 Å². The molecule has 0 radical (unpaired) electrons. The van der Waals surface area contributed by atoms with Gasteiger partial charge in [-0.25, -0.2) is 4.79 Å². The van der Waals surface area contributed by atoms with Gasteiger partial charge in [0.15, 0.2) is 5.58 Å². The summed E-state index contributed by atoms with van der Waals surface area (Å²) in [5, 5.41) is 0.598. The first kappa shape index (κ1) is 11.0. The average Bonchev–Trinajstić information content (AvgIpc) is 2.66. The Hall–Kier alpha value is -2.07. The third-order valence-corrected chi connectivity index (χ3v) is 2.91. The van der Waals surface area contributed by atoms with E-state index < -0.39 is 5.76 Å². The van der Waals surface area contributed by atoms with Gasteiger partial charge in [0.05, 0.1) is 17.8 Å². The maximum absolute atomic E-state index is 11.8. The van der Waals surface area contributed by atoms with Crippen LogP contribution in [-0.2, 0) is 6.54 Å². The minimum atomic E-state index is -0.391. The molecule has 2 heterocycles. The largest absolute Gasteiger partial charge is 0.420 e. The molecular weight excluding hydrogens is 252 g/mol. The molecule has 2 aromatic heterocycles. The summed E-state index contributed by atoms with van der Waals surface area (Å²) in [4.78, 5) is 15.9. The second-order valence-corrected chi connectivity index (χ2v) is 4.32. The number of nitrogens with zero attached hydrogens (tertiary/aromatic N) is 2. The van der Waals surface area contributed by atoms with Gasteiger partial charge in [-0.1, -0.05) is 23.7 Å². The van der Waals surface area contributed by atoms with Crippen molar-refractivity contribution in [1.29, 1.82) is 0 Å². The molecule has 0 N–H and O–H groups in total. The summed E-state index contributed by atoms with van der Waals surface area (Å²) < 4.78 is 6.68. The Balaban J connectivity index is 2.10. The lowest BCUT2D eigenvalue weighted by Crippen LogP contribution is -2.15. The van der Waals surface area contributed by atoms with Gasteiger partial charge in [-0.15, -0.1) is 0 Å². The zero-order valence-corrected chi connectivity index (χ0v) is 10.1. The zero-order valence-electron chi connectivity index (χ0n) is 9.34. The predicted octanol–water partition coefficient (Wildman–Crippen LogP) is 2.69. The molecule has 1 aromatic carbocycles. The van der Waals surface area contributed by atoms with Crippen molar-refractivity contribution < 1.29 is 4.42 Å². The van der Waals surface area contributed by atoms with Gasteiger partial charge >= 0.3 is 5.76 Å². The molecule has 5 heteroatoms. The molecule has 90 valence electrons. The molecule has 0 spiro atoms. The lowest BCUT2D eigenvalue weighted by atomic mass is 10.3. The van der Waals surface area contributed by atoms with Gasteiger partial charge in [-0.05, 0) is 24.3 Å². The lowest BCUT2D eigenvalue weighted by molar-refractivity contribution is 0.516.